The Kier molecular flexibility index (Phi) is 3.84. The summed E-state index contributed by atoms with van der Waals surface area (Å²) in [6.07, 6.45) is 4.66. The molecular weight excluding hydrogens is 226 g/mol. The summed E-state index contributed by atoms with van der Waals surface area (Å²) in [5.41, 5.74) is 6.06. The predicted octanol–water partition coefficient (Wildman–Crippen LogP) is 2.31. The molecule has 1 aromatic heterocycles. The Morgan fingerprint density at radius 3 is 2.89 bits per heavy atom. The number of nitrogens with zero attached hydrogens (tertiary/aromatic N) is 2. The van der Waals surface area contributed by atoms with Crippen LogP contribution in [0.4, 0.5) is 5.82 Å². The van der Waals surface area contributed by atoms with Crippen LogP contribution >= 0.6 is 0 Å². The molecule has 1 heterocycles. The Bertz CT molecular complexity index is 433. The summed E-state index contributed by atoms with van der Waals surface area (Å²) in [4.78, 5) is 18.2. The number of rotatable bonds is 2. The molecule has 0 bridgehead atoms. The summed E-state index contributed by atoms with van der Waals surface area (Å²) in [6, 6.07) is 5.53. The Labute approximate surface area is 108 Å². The van der Waals surface area contributed by atoms with Gasteiger partial charge in [0.15, 0.2) is 0 Å². The van der Waals surface area contributed by atoms with E-state index in [9.17, 15) is 4.79 Å². The Morgan fingerprint density at radius 2 is 2.22 bits per heavy atom. The average molecular weight is 247 g/mol. The van der Waals surface area contributed by atoms with Crippen LogP contribution in [0.15, 0.2) is 18.2 Å². The van der Waals surface area contributed by atoms with E-state index < -0.39 is 0 Å². The van der Waals surface area contributed by atoms with Crippen molar-refractivity contribution in [3.8, 4) is 0 Å². The maximum atomic E-state index is 12.3. The second-order valence-electron chi connectivity index (χ2n) is 5.29. The largest absolute Gasteiger partial charge is 0.384 e. The molecule has 1 fully saturated rings. The molecular formula is C14H21N3O. The van der Waals surface area contributed by atoms with Crippen molar-refractivity contribution in [2.45, 2.75) is 38.6 Å². The molecule has 98 valence electrons. The third-order valence-electron chi connectivity index (χ3n) is 3.77. The van der Waals surface area contributed by atoms with Crippen molar-refractivity contribution < 1.29 is 4.79 Å². The van der Waals surface area contributed by atoms with Crippen LogP contribution in [0.1, 0.15) is 43.1 Å². The van der Waals surface area contributed by atoms with Gasteiger partial charge in [0.25, 0.3) is 5.91 Å². The smallest absolute Gasteiger partial charge is 0.272 e. The third-order valence-corrected chi connectivity index (χ3v) is 3.77. The highest BCUT2D eigenvalue weighted by atomic mass is 16.2. The van der Waals surface area contributed by atoms with E-state index in [-0.39, 0.29) is 5.91 Å². The van der Waals surface area contributed by atoms with E-state index in [0.29, 0.717) is 23.5 Å². The van der Waals surface area contributed by atoms with Crippen molar-refractivity contribution >= 4 is 11.7 Å². The van der Waals surface area contributed by atoms with Gasteiger partial charge in [0, 0.05) is 13.1 Å². The maximum absolute atomic E-state index is 12.3. The number of amides is 1. The summed E-state index contributed by atoms with van der Waals surface area (Å²) in [7, 11) is 1.87. The van der Waals surface area contributed by atoms with Gasteiger partial charge in [0.1, 0.15) is 11.5 Å². The Balaban J connectivity index is 2.08. The van der Waals surface area contributed by atoms with Gasteiger partial charge in [-0.15, -0.1) is 0 Å². The first-order chi connectivity index (χ1) is 8.58. The van der Waals surface area contributed by atoms with Crippen molar-refractivity contribution in [3.05, 3.63) is 23.9 Å². The summed E-state index contributed by atoms with van der Waals surface area (Å²) >= 11 is 0. The van der Waals surface area contributed by atoms with Crippen molar-refractivity contribution in [1.82, 2.24) is 9.88 Å². The summed E-state index contributed by atoms with van der Waals surface area (Å²) < 4.78 is 0. The van der Waals surface area contributed by atoms with Crippen molar-refractivity contribution in [2.75, 3.05) is 12.8 Å². The van der Waals surface area contributed by atoms with Crippen LogP contribution in [0.5, 0.6) is 0 Å². The van der Waals surface area contributed by atoms with Crippen molar-refractivity contribution in [2.24, 2.45) is 5.92 Å². The van der Waals surface area contributed by atoms with E-state index >= 15 is 0 Å². The normalized spacial score (nSPS) is 23.7. The van der Waals surface area contributed by atoms with Gasteiger partial charge in [-0.3, -0.25) is 4.79 Å². The van der Waals surface area contributed by atoms with Crippen LogP contribution in [-0.2, 0) is 0 Å². The molecule has 0 saturated heterocycles. The molecule has 0 aliphatic heterocycles. The van der Waals surface area contributed by atoms with E-state index in [1.807, 2.05) is 11.9 Å². The minimum Gasteiger partial charge on any atom is -0.384 e. The topological polar surface area (TPSA) is 59.2 Å². The fourth-order valence-electron chi connectivity index (χ4n) is 2.67. The van der Waals surface area contributed by atoms with E-state index in [1.54, 1.807) is 18.2 Å². The number of nitrogen functional groups attached to an aromatic ring is 1. The third kappa shape index (κ3) is 2.81. The molecule has 4 nitrogen and oxygen atoms in total. The van der Waals surface area contributed by atoms with E-state index in [4.69, 9.17) is 5.73 Å². The second-order valence-corrected chi connectivity index (χ2v) is 5.29. The number of carbonyl (C=O) groups excluding carboxylic acids is 1. The molecule has 2 atom stereocenters. The lowest BCUT2D eigenvalue weighted by Gasteiger charge is -2.34. The first-order valence-electron chi connectivity index (χ1n) is 6.57. The molecule has 1 aromatic rings. The standard InChI is InChI=1S/C14H21N3O/c1-10-5-3-6-11(9-10)17(2)14(18)12-7-4-8-13(15)16-12/h4,7-8,10-11H,3,5-6,9H2,1-2H3,(H2,15,16). The highest BCUT2D eigenvalue weighted by Crippen LogP contribution is 2.27. The van der Waals surface area contributed by atoms with Crippen LogP contribution in [-0.4, -0.2) is 28.9 Å². The van der Waals surface area contributed by atoms with Crippen LogP contribution in [0, 0.1) is 5.92 Å². The van der Waals surface area contributed by atoms with Crippen LogP contribution < -0.4 is 5.73 Å². The van der Waals surface area contributed by atoms with Crippen LogP contribution in [0.3, 0.4) is 0 Å². The highest BCUT2D eigenvalue weighted by Gasteiger charge is 2.26. The van der Waals surface area contributed by atoms with Crippen molar-refractivity contribution in [1.29, 1.82) is 0 Å². The van der Waals surface area contributed by atoms with E-state index in [1.165, 1.54) is 12.8 Å². The monoisotopic (exact) mass is 247 g/mol. The number of hydrogen-bond donors (Lipinski definition) is 1. The Morgan fingerprint density at radius 1 is 1.44 bits per heavy atom. The zero-order valence-corrected chi connectivity index (χ0v) is 11.1. The number of aromatic nitrogens is 1. The van der Waals surface area contributed by atoms with Crippen LogP contribution in [0.2, 0.25) is 0 Å². The number of hydrogen-bond acceptors (Lipinski definition) is 3. The van der Waals surface area contributed by atoms with Gasteiger partial charge in [0.2, 0.25) is 0 Å². The van der Waals surface area contributed by atoms with Gasteiger partial charge in [-0.05, 0) is 30.9 Å². The predicted molar refractivity (Wildman–Crippen MR) is 72.2 cm³/mol. The molecule has 0 radical (unpaired) electrons. The first-order valence-corrected chi connectivity index (χ1v) is 6.57. The number of nitrogens with two attached hydrogens (primary N) is 1. The summed E-state index contributed by atoms with van der Waals surface area (Å²) in [5.74, 6) is 1.07. The van der Waals surface area contributed by atoms with Gasteiger partial charge < -0.3 is 10.6 Å². The molecule has 1 aliphatic rings. The quantitative estimate of drug-likeness (QED) is 0.872. The molecule has 0 spiro atoms. The molecule has 2 unspecified atom stereocenters. The highest BCUT2D eigenvalue weighted by molar-refractivity contribution is 5.92. The maximum Gasteiger partial charge on any atom is 0.272 e. The van der Waals surface area contributed by atoms with Gasteiger partial charge in [-0.25, -0.2) is 4.98 Å². The molecule has 2 N–H and O–H groups in total. The van der Waals surface area contributed by atoms with Gasteiger partial charge in [-0.2, -0.15) is 0 Å². The number of carbonyl (C=O) groups is 1. The minimum absolute atomic E-state index is 0.0265. The SMILES string of the molecule is CC1CCCC(N(C)C(=O)c2cccc(N)n2)C1. The van der Waals surface area contributed by atoms with Crippen LogP contribution in [0.25, 0.3) is 0 Å². The lowest BCUT2D eigenvalue weighted by atomic mass is 9.86. The molecule has 1 saturated carbocycles. The van der Waals surface area contributed by atoms with Gasteiger partial charge in [0.05, 0.1) is 0 Å². The lowest BCUT2D eigenvalue weighted by molar-refractivity contribution is 0.0666. The zero-order valence-electron chi connectivity index (χ0n) is 11.1. The second kappa shape index (κ2) is 5.38. The van der Waals surface area contributed by atoms with E-state index in [2.05, 4.69) is 11.9 Å². The lowest BCUT2D eigenvalue weighted by Crippen LogP contribution is -2.40. The molecule has 1 amide bonds. The first kappa shape index (κ1) is 12.9. The number of pyridine rings is 1. The minimum atomic E-state index is -0.0265. The molecule has 2 rings (SSSR count). The molecule has 1 aliphatic carbocycles. The fourth-order valence-corrected chi connectivity index (χ4v) is 2.67. The average Bonchev–Trinajstić information content (AvgIpc) is 2.37. The molecule has 18 heavy (non-hydrogen) atoms. The number of anilines is 1. The molecule has 4 heteroatoms. The summed E-state index contributed by atoms with van der Waals surface area (Å²) in [6.45, 7) is 2.25. The van der Waals surface area contributed by atoms with Gasteiger partial charge >= 0.3 is 0 Å². The molecule has 0 aromatic carbocycles. The Hall–Kier alpha value is -1.58. The zero-order chi connectivity index (χ0) is 13.1. The van der Waals surface area contributed by atoms with Gasteiger partial charge in [-0.1, -0.05) is 25.8 Å². The van der Waals surface area contributed by atoms with Crippen molar-refractivity contribution in [3.63, 3.8) is 0 Å². The fraction of sp³-hybridized carbons (Fsp3) is 0.571. The summed E-state index contributed by atoms with van der Waals surface area (Å²) in [5, 5.41) is 0. The van der Waals surface area contributed by atoms with E-state index in [0.717, 1.165) is 12.8 Å².